The van der Waals surface area contributed by atoms with Gasteiger partial charge in [0.2, 0.25) is 0 Å². The molecule has 0 bridgehead atoms. The number of carbonyl (C=O) groups is 1. The van der Waals surface area contributed by atoms with Crippen molar-refractivity contribution in [3.8, 4) is 0 Å². The number of rotatable bonds is 2. The van der Waals surface area contributed by atoms with E-state index in [2.05, 4.69) is 0 Å². The highest BCUT2D eigenvalue weighted by atomic mass is 35.5. The zero-order valence-electron chi connectivity index (χ0n) is 7.42. The molecule has 76 valence electrons. The van der Waals surface area contributed by atoms with Crippen molar-refractivity contribution in [1.29, 1.82) is 0 Å². The fraction of sp³-hybridized carbons (Fsp3) is 0.222. The monoisotopic (exact) mass is 233 g/mol. The molecule has 0 radical (unpaired) electrons. The fourth-order valence-electron chi connectivity index (χ4n) is 1.13. The molecular formula is C9H9Cl2NO2. The van der Waals surface area contributed by atoms with Crippen LogP contribution >= 0.6 is 23.2 Å². The minimum absolute atomic E-state index is 0.309. The molecule has 0 fully saturated rings. The summed E-state index contributed by atoms with van der Waals surface area (Å²) in [6.45, 7) is 1.74. The highest BCUT2D eigenvalue weighted by molar-refractivity contribution is 6.42. The molecule has 1 aromatic carbocycles. The summed E-state index contributed by atoms with van der Waals surface area (Å²) in [7, 11) is 0. The Morgan fingerprint density at radius 3 is 2.43 bits per heavy atom. The van der Waals surface area contributed by atoms with E-state index in [0.29, 0.717) is 21.2 Å². The van der Waals surface area contributed by atoms with E-state index in [1.165, 1.54) is 6.07 Å². The van der Waals surface area contributed by atoms with E-state index in [1.807, 2.05) is 0 Å². The Bertz CT molecular complexity index is 379. The molecule has 0 saturated carbocycles. The molecule has 1 atom stereocenters. The van der Waals surface area contributed by atoms with Crippen molar-refractivity contribution in [3.63, 3.8) is 0 Å². The van der Waals surface area contributed by atoms with E-state index in [0.717, 1.165) is 0 Å². The van der Waals surface area contributed by atoms with Crippen LogP contribution in [0.1, 0.15) is 17.2 Å². The van der Waals surface area contributed by atoms with E-state index < -0.39 is 12.0 Å². The number of halogens is 2. The Balaban J connectivity index is 3.22. The molecular weight excluding hydrogens is 225 g/mol. The molecule has 0 heterocycles. The van der Waals surface area contributed by atoms with E-state index in [4.69, 9.17) is 34.0 Å². The molecule has 0 aliphatic rings. The lowest BCUT2D eigenvalue weighted by Gasteiger charge is -2.11. The largest absolute Gasteiger partial charge is 0.480 e. The lowest BCUT2D eigenvalue weighted by molar-refractivity contribution is -0.138. The molecule has 0 aliphatic carbocycles. The second-order valence-electron chi connectivity index (χ2n) is 2.94. The Morgan fingerprint density at radius 1 is 1.43 bits per heavy atom. The molecule has 0 spiro atoms. The summed E-state index contributed by atoms with van der Waals surface area (Å²) < 4.78 is 0. The third-order valence-electron chi connectivity index (χ3n) is 1.91. The lowest BCUT2D eigenvalue weighted by atomic mass is 10.0. The third kappa shape index (κ3) is 2.18. The molecule has 0 saturated heterocycles. The van der Waals surface area contributed by atoms with Gasteiger partial charge in [0.1, 0.15) is 6.04 Å². The SMILES string of the molecule is Cc1cc(Cl)c(Cl)cc1[C@H](N)C(=O)O. The Labute approximate surface area is 91.4 Å². The number of carboxylic acid groups (broad SMARTS) is 1. The maximum atomic E-state index is 10.6. The van der Waals surface area contributed by atoms with Crippen LogP contribution < -0.4 is 5.73 Å². The molecule has 0 aliphatic heterocycles. The van der Waals surface area contributed by atoms with Crippen molar-refractivity contribution < 1.29 is 9.90 Å². The Kier molecular flexibility index (Phi) is 3.37. The summed E-state index contributed by atoms with van der Waals surface area (Å²) in [5.41, 5.74) is 6.65. The van der Waals surface area contributed by atoms with Crippen molar-refractivity contribution in [2.45, 2.75) is 13.0 Å². The van der Waals surface area contributed by atoms with Gasteiger partial charge in [-0.2, -0.15) is 0 Å². The van der Waals surface area contributed by atoms with Crippen LogP contribution in [0.5, 0.6) is 0 Å². The number of aliphatic carboxylic acids is 1. The third-order valence-corrected chi connectivity index (χ3v) is 2.63. The smallest absolute Gasteiger partial charge is 0.325 e. The second kappa shape index (κ2) is 4.17. The first-order valence-electron chi connectivity index (χ1n) is 3.87. The number of benzene rings is 1. The number of aryl methyl sites for hydroxylation is 1. The normalized spacial score (nSPS) is 12.6. The predicted octanol–water partition coefficient (Wildman–Crippen LogP) is 2.39. The van der Waals surface area contributed by atoms with Gasteiger partial charge in [0, 0.05) is 0 Å². The molecule has 0 aromatic heterocycles. The summed E-state index contributed by atoms with van der Waals surface area (Å²) in [6, 6.07) is 2.02. The minimum Gasteiger partial charge on any atom is -0.480 e. The topological polar surface area (TPSA) is 63.3 Å². The van der Waals surface area contributed by atoms with Gasteiger partial charge < -0.3 is 10.8 Å². The molecule has 3 nitrogen and oxygen atoms in total. The maximum Gasteiger partial charge on any atom is 0.325 e. The Morgan fingerprint density at radius 2 is 1.93 bits per heavy atom. The quantitative estimate of drug-likeness (QED) is 0.825. The van der Waals surface area contributed by atoms with Gasteiger partial charge in [-0.1, -0.05) is 23.2 Å². The highest BCUT2D eigenvalue weighted by Gasteiger charge is 2.17. The van der Waals surface area contributed by atoms with Crippen molar-refractivity contribution in [3.05, 3.63) is 33.3 Å². The molecule has 0 unspecified atom stereocenters. The van der Waals surface area contributed by atoms with Crippen LogP contribution in [0.25, 0.3) is 0 Å². The number of carboxylic acids is 1. The van der Waals surface area contributed by atoms with Gasteiger partial charge in [-0.15, -0.1) is 0 Å². The molecule has 14 heavy (non-hydrogen) atoms. The van der Waals surface area contributed by atoms with Gasteiger partial charge in [-0.25, -0.2) is 0 Å². The summed E-state index contributed by atoms with van der Waals surface area (Å²) in [6.07, 6.45) is 0. The first-order valence-corrected chi connectivity index (χ1v) is 4.63. The van der Waals surface area contributed by atoms with Gasteiger partial charge in [0.05, 0.1) is 10.0 Å². The standard InChI is InChI=1S/C9H9Cl2NO2/c1-4-2-6(10)7(11)3-5(4)8(12)9(13)14/h2-3,8H,12H2,1H3,(H,13,14)/t8-/m0/s1. The van der Waals surface area contributed by atoms with Crippen molar-refractivity contribution in [2.24, 2.45) is 5.73 Å². The van der Waals surface area contributed by atoms with Crippen LogP contribution in [0.3, 0.4) is 0 Å². The average molecular weight is 234 g/mol. The second-order valence-corrected chi connectivity index (χ2v) is 3.75. The maximum absolute atomic E-state index is 10.6. The average Bonchev–Trinajstić information content (AvgIpc) is 2.10. The molecule has 5 heteroatoms. The lowest BCUT2D eigenvalue weighted by Crippen LogP contribution is -2.21. The van der Waals surface area contributed by atoms with Crippen LogP contribution in [0.15, 0.2) is 12.1 Å². The van der Waals surface area contributed by atoms with Crippen LogP contribution in [0.2, 0.25) is 10.0 Å². The zero-order valence-corrected chi connectivity index (χ0v) is 8.93. The molecule has 3 N–H and O–H groups in total. The van der Waals surface area contributed by atoms with Gasteiger partial charge in [0.15, 0.2) is 0 Å². The van der Waals surface area contributed by atoms with Crippen LogP contribution in [-0.4, -0.2) is 11.1 Å². The molecule has 1 rings (SSSR count). The predicted molar refractivity (Wildman–Crippen MR) is 55.8 cm³/mol. The first kappa shape index (κ1) is 11.3. The zero-order chi connectivity index (χ0) is 10.9. The van der Waals surface area contributed by atoms with E-state index in [1.54, 1.807) is 13.0 Å². The number of nitrogens with two attached hydrogens (primary N) is 1. The van der Waals surface area contributed by atoms with Crippen LogP contribution in [0.4, 0.5) is 0 Å². The summed E-state index contributed by atoms with van der Waals surface area (Å²) >= 11 is 11.5. The summed E-state index contributed by atoms with van der Waals surface area (Å²) in [4.78, 5) is 10.6. The van der Waals surface area contributed by atoms with Crippen LogP contribution in [-0.2, 0) is 4.79 Å². The van der Waals surface area contributed by atoms with Gasteiger partial charge >= 0.3 is 5.97 Å². The van der Waals surface area contributed by atoms with Crippen molar-refractivity contribution >= 4 is 29.2 Å². The van der Waals surface area contributed by atoms with Gasteiger partial charge in [-0.05, 0) is 30.2 Å². The van der Waals surface area contributed by atoms with Gasteiger partial charge in [0.25, 0.3) is 0 Å². The summed E-state index contributed by atoms with van der Waals surface area (Å²) in [5, 5.41) is 9.42. The minimum atomic E-state index is -1.09. The molecule has 1 aromatic rings. The van der Waals surface area contributed by atoms with Gasteiger partial charge in [-0.3, -0.25) is 4.79 Å². The molecule has 0 amide bonds. The van der Waals surface area contributed by atoms with Crippen molar-refractivity contribution in [2.75, 3.05) is 0 Å². The summed E-state index contributed by atoms with van der Waals surface area (Å²) in [5.74, 6) is -1.09. The number of hydrogen-bond donors (Lipinski definition) is 2. The van der Waals surface area contributed by atoms with Crippen LogP contribution in [0, 0.1) is 6.92 Å². The number of hydrogen-bond acceptors (Lipinski definition) is 2. The Hall–Kier alpha value is -0.770. The van der Waals surface area contributed by atoms with Crippen molar-refractivity contribution in [1.82, 2.24) is 0 Å². The first-order chi connectivity index (χ1) is 6.43. The van der Waals surface area contributed by atoms with E-state index >= 15 is 0 Å². The van der Waals surface area contributed by atoms with E-state index in [9.17, 15) is 4.79 Å². The highest BCUT2D eigenvalue weighted by Crippen LogP contribution is 2.28. The fourth-order valence-corrected chi connectivity index (χ4v) is 1.52. The van der Waals surface area contributed by atoms with E-state index in [-0.39, 0.29) is 0 Å².